The zero-order valence-electron chi connectivity index (χ0n) is 18.9. The lowest BCUT2D eigenvalue weighted by molar-refractivity contribution is 0.0721. The van der Waals surface area contributed by atoms with Gasteiger partial charge in [0.2, 0.25) is 5.75 Å². The van der Waals surface area contributed by atoms with E-state index in [1.165, 1.54) is 11.3 Å². The van der Waals surface area contributed by atoms with E-state index in [0.717, 1.165) is 17.1 Å². The van der Waals surface area contributed by atoms with E-state index in [4.69, 9.17) is 30.5 Å². The summed E-state index contributed by atoms with van der Waals surface area (Å²) in [5.41, 5.74) is 1.38. The molecule has 1 aromatic heterocycles. The summed E-state index contributed by atoms with van der Waals surface area (Å²) in [7, 11) is 4.81. The number of halogens is 1. The molecule has 3 aromatic rings. The fourth-order valence-electron chi connectivity index (χ4n) is 3.20. The van der Waals surface area contributed by atoms with E-state index in [1.807, 2.05) is 23.6 Å². The average Bonchev–Trinajstić information content (AvgIpc) is 3.29. The molecule has 7 nitrogen and oxygen atoms in total. The van der Waals surface area contributed by atoms with Crippen molar-refractivity contribution in [1.82, 2.24) is 9.88 Å². The molecule has 0 spiro atoms. The second-order valence-electron chi connectivity index (χ2n) is 7.09. The van der Waals surface area contributed by atoms with Crippen LogP contribution in [0.25, 0.3) is 0 Å². The van der Waals surface area contributed by atoms with Gasteiger partial charge in [-0.2, -0.15) is 0 Å². The second kappa shape index (κ2) is 12.4. The molecule has 0 atom stereocenters. The van der Waals surface area contributed by atoms with Crippen LogP contribution in [0.4, 0.5) is 0 Å². The molecule has 0 bridgehead atoms. The molecule has 0 aliphatic rings. The first-order chi connectivity index (χ1) is 16.0. The van der Waals surface area contributed by atoms with Gasteiger partial charge in [-0.1, -0.05) is 17.7 Å². The van der Waals surface area contributed by atoms with Crippen LogP contribution in [0.5, 0.6) is 17.2 Å². The third kappa shape index (κ3) is 6.83. The number of ether oxygens (including phenoxy) is 4. The third-order valence-electron chi connectivity index (χ3n) is 4.83. The number of carbonyl (C=O) groups is 1. The van der Waals surface area contributed by atoms with Gasteiger partial charge in [0.25, 0.3) is 5.91 Å². The highest BCUT2D eigenvalue weighted by atomic mass is 35.5. The van der Waals surface area contributed by atoms with Gasteiger partial charge < -0.3 is 23.8 Å². The van der Waals surface area contributed by atoms with Gasteiger partial charge in [-0.05, 0) is 42.8 Å². The number of aromatic nitrogens is 1. The number of benzene rings is 2. The van der Waals surface area contributed by atoms with Gasteiger partial charge in [0.15, 0.2) is 11.5 Å². The highest BCUT2D eigenvalue weighted by Crippen LogP contribution is 2.37. The van der Waals surface area contributed by atoms with Gasteiger partial charge in [0.05, 0.1) is 26.5 Å². The van der Waals surface area contributed by atoms with E-state index in [1.54, 1.807) is 50.5 Å². The summed E-state index contributed by atoms with van der Waals surface area (Å²) in [6, 6.07) is 12.3. The Bertz CT molecular complexity index is 1020. The van der Waals surface area contributed by atoms with Gasteiger partial charge in [-0.15, -0.1) is 11.3 Å². The number of para-hydroxylation sites is 1. The molecule has 1 amide bonds. The molecular weight excluding hydrogens is 464 g/mol. The van der Waals surface area contributed by atoms with E-state index in [0.29, 0.717) is 47.5 Å². The minimum atomic E-state index is -0.0765. The third-order valence-corrected chi connectivity index (χ3v) is 5.95. The number of rotatable bonds is 12. The maximum Gasteiger partial charge on any atom is 0.254 e. The van der Waals surface area contributed by atoms with Crippen molar-refractivity contribution in [2.45, 2.75) is 19.6 Å². The number of thiazole rings is 1. The van der Waals surface area contributed by atoms with Crippen molar-refractivity contribution >= 4 is 28.8 Å². The fraction of sp³-hybridized carbons (Fsp3) is 0.333. The maximum absolute atomic E-state index is 13.1. The minimum Gasteiger partial charge on any atom is -0.493 e. The highest BCUT2D eigenvalue weighted by molar-refractivity contribution is 7.09. The lowest BCUT2D eigenvalue weighted by atomic mass is 10.2. The molecule has 0 aliphatic heterocycles. The molecule has 0 unspecified atom stereocenters. The Balaban J connectivity index is 1.69. The SMILES string of the molecule is COCCCN(Cc1csc(COc2c(OC)cccc2OC)n1)C(=O)c1ccc(Cl)cc1. The van der Waals surface area contributed by atoms with Crippen molar-refractivity contribution in [2.24, 2.45) is 0 Å². The van der Waals surface area contributed by atoms with Gasteiger partial charge in [-0.3, -0.25) is 4.79 Å². The zero-order valence-corrected chi connectivity index (χ0v) is 20.4. The van der Waals surface area contributed by atoms with Crippen LogP contribution in [0.15, 0.2) is 47.8 Å². The van der Waals surface area contributed by atoms with Crippen LogP contribution in [-0.2, 0) is 17.9 Å². The predicted octanol–water partition coefficient (Wildman–Crippen LogP) is 5.07. The number of nitrogens with zero attached hydrogens (tertiary/aromatic N) is 2. The van der Waals surface area contributed by atoms with Crippen LogP contribution < -0.4 is 14.2 Å². The van der Waals surface area contributed by atoms with Crippen LogP contribution in [0.2, 0.25) is 5.02 Å². The minimum absolute atomic E-state index is 0.0765. The Hall–Kier alpha value is -2.81. The zero-order chi connectivity index (χ0) is 23.6. The fourth-order valence-corrected chi connectivity index (χ4v) is 4.03. The van der Waals surface area contributed by atoms with Crippen LogP contribution in [0.1, 0.15) is 27.5 Å². The molecule has 0 aliphatic carbocycles. The topological polar surface area (TPSA) is 70.1 Å². The molecular formula is C24H27ClN2O5S. The first kappa shape index (κ1) is 24.8. The molecule has 9 heteroatoms. The van der Waals surface area contributed by atoms with Gasteiger partial charge in [0.1, 0.15) is 11.6 Å². The summed E-state index contributed by atoms with van der Waals surface area (Å²) < 4.78 is 21.8. The molecule has 3 rings (SSSR count). The molecule has 0 saturated heterocycles. The molecule has 1 heterocycles. The lowest BCUT2D eigenvalue weighted by Gasteiger charge is -2.22. The first-order valence-corrected chi connectivity index (χ1v) is 11.6. The molecule has 2 aromatic carbocycles. The molecule has 176 valence electrons. The Morgan fingerprint density at radius 3 is 2.39 bits per heavy atom. The second-order valence-corrected chi connectivity index (χ2v) is 8.47. The summed E-state index contributed by atoms with van der Waals surface area (Å²) in [5, 5.41) is 3.32. The van der Waals surface area contributed by atoms with Crippen molar-refractivity contribution in [2.75, 3.05) is 34.5 Å². The summed E-state index contributed by atoms with van der Waals surface area (Å²) >= 11 is 7.44. The Kier molecular flexibility index (Phi) is 9.35. The van der Waals surface area contributed by atoms with E-state index < -0.39 is 0 Å². The van der Waals surface area contributed by atoms with Gasteiger partial charge in [-0.25, -0.2) is 4.98 Å². The smallest absolute Gasteiger partial charge is 0.254 e. The van der Waals surface area contributed by atoms with E-state index in [2.05, 4.69) is 4.98 Å². The normalized spacial score (nSPS) is 10.7. The largest absolute Gasteiger partial charge is 0.493 e. The number of hydrogen-bond donors (Lipinski definition) is 0. The van der Waals surface area contributed by atoms with Crippen molar-refractivity contribution in [3.63, 3.8) is 0 Å². The first-order valence-electron chi connectivity index (χ1n) is 10.4. The van der Waals surface area contributed by atoms with Crippen molar-refractivity contribution in [1.29, 1.82) is 0 Å². The summed E-state index contributed by atoms with van der Waals surface area (Å²) in [4.78, 5) is 19.5. The summed E-state index contributed by atoms with van der Waals surface area (Å²) in [6.07, 6.45) is 0.726. The molecule has 0 radical (unpaired) electrons. The number of amides is 1. The van der Waals surface area contributed by atoms with Gasteiger partial charge >= 0.3 is 0 Å². The Labute approximate surface area is 202 Å². The quantitative estimate of drug-likeness (QED) is 0.330. The standard InChI is InChI=1S/C24H27ClN2O5S/c1-29-13-5-12-27(24(28)17-8-10-18(25)11-9-17)14-19-16-33-22(26-19)15-32-23-20(30-2)6-4-7-21(23)31-3/h4,6-11,16H,5,12-15H2,1-3H3. The molecule has 33 heavy (non-hydrogen) atoms. The van der Waals surface area contributed by atoms with Gasteiger partial charge in [0, 0.05) is 36.2 Å². The number of methoxy groups -OCH3 is 3. The monoisotopic (exact) mass is 490 g/mol. The number of carbonyl (C=O) groups excluding carboxylic acids is 1. The number of hydrogen-bond acceptors (Lipinski definition) is 7. The molecule has 0 fully saturated rings. The Morgan fingerprint density at radius 1 is 1.06 bits per heavy atom. The Morgan fingerprint density at radius 2 is 1.76 bits per heavy atom. The van der Waals surface area contributed by atoms with E-state index in [-0.39, 0.29) is 12.5 Å². The molecule has 0 N–H and O–H groups in total. The van der Waals surface area contributed by atoms with Crippen molar-refractivity contribution in [3.05, 3.63) is 69.1 Å². The van der Waals surface area contributed by atoms with Crippen LogP contribution >= 0.6 is 22.9 Å². The van der Waals surface area contributed by atoms with E-state index >= 15 is 0 Å². The van der Waals surface area contributed by atoms with Crippen molar-refractivity contribution in [3.8, 4) is 17.2 Å². The van der Waals surface area contributed by atoms with E-state index in [9.17, 15) is 4.79 Å². The van der Waals surface area contributed by atoms with Crippen molar-refractivity contribution < 1.29 is 23.7 Å². The highest BCUT2D eigenvalue weighted by Gasteiger charge is 2.18. The summed E-state index contributed by atoms with van der Waals surface area (Å²) in [6.45, 7) is 1.77. The predicted molar refractivity (Wildman–Crippen MR) is 129 cm³/mol. The molecule has 0 saturated carbocycles. The lowest BCUT2D eigenvalue weighted by Crippen LogP contribution is -2.32. The average molecular weight is 491 g/mol. The van der Waals surface area contributed by atoms with Crippen LogP contribution in [0.3, 0.4) is 0 Å². The van der Waals surface area contributed by atoms with Crippen LogP contribution in [-0.4, -0.2) is 50.3 Å². The van der Waals surface area contributed by atoms with Crippen LogP contribution in [0, 0.1) is 0 Å². The maximum atomic E-state index is 13.1. The summed E-state index contributed by atoms with van der Waals surface area (Å²) in [5.74, 6) is 1.62.